The van der Waals surface area contributed by atoms with Gasteiger partial charge in [0.25, 0.3) is 5.91 Å². The smallest absolute Gasteiger partial charge is 0.345 e. The summed E-state index contributed by atoms with van der Waals surface area (Å²) < 4.78 is 1.34. The van der Waals surface area contributed by atoms with Crippen molar-refractivity contribution in [3.8, 4) is 0 Å². The maximum absolute atomic E-state index is 12.7. The number of hydrogen-bond acceptors (Lipinski definition) is 4. The van der Waals surface area contributed by atoms with Gasteiger partial charge in [-0.05, 0) is 17.7 Å². The van der Waals surface area contributed by atoms with E-state index in [1.165, 1.54) is 10.9 Å². The van der Waals surface area contributed by atoms with Crippen LogP contribution in [-0.2, 0) is 19.5 Å². The van der Waals surface area contributed by atoms with Gasteiger partial charge < -0.3 is 10.2 Å². The molecule has 4 rings (SSSR count). The number of rotatable bonds is 5. The predicted molar refractivity (Wildman–Crippen MR) is 99.0 cm³/mol. The van der Waals surface area contributed by atoms with Gasteiger partial charge in [-0.25, -0.2) is 4.79 Å². The number of pyridine rings is 1. The topological polar surface area (TPSA) is 80.1 Å². The number of carbonyl (C=O) groups excluding carboxylic acids is 2. The Kier molecular flexibility index (Phi) is 4.65. The van der Waals surface area contributed by atoms with Gasteiger partial charge in [-0.1, -0.05) is 36.4 Å². The van der Waals surface area contributed by atoms with Gasteiger partial charge in [0.05, 0.1) is 29.7 Å². The molecule has 27 heavy (non-hydrogen) atoms. The molecular formula is C20H19N5O2. The highest BCUT2D eigenvalue weighted by Crippen LogP contribution is 2.18. The fraction of sp³-hybridized carbons (Fsp3) is 0.200. The normalized spacial score (nSPS) is 13.3. The van der Waals surface area contributed by atoms with Crippen LogP contribution in [0.1, 0.15) is 27.3 Å². The van der Waals surface area contributed by atoms with Crippen LogP contribution in [0.4, 0.5) is 4.79 Å². The first-order valence-electron chi connectivity index (χ1n) is 8.80. The summed E-state index contributed by atoms with van der Waals surface area (Å²) in [5.41, 5.74) is 2.94. The van der Waals surface area contributed by atoms with Crippen molar-refractivity contribution in [3.63, 3.8) is 0 Å². The number of carbonyl (C=O) groups is 2. The van der Waals surface area contributed by atoms with Crippen molar-refractivity contribution >= 4 is 11.9 Å². The van der Waals surface area contributed by atoms with Crippen LogP contribution in [0.5, 0.6) is 0 Å². The summed E-state index contributed by atoms with van der Waals surface area (Å²) in [6.07, 6.45) is 3.74. The zero-order chi connectivity index (χ0) is 18.6. The first kappa shape index (κ1) is 17.0. The molecule has 3 aromatic rings. The van der Waals surface area contributed by atoms with Crippen LogP contribution >= 0.6 is 0 Å². The van der Waals surface area contributed by atoms with Crippen LogP contribution in [-0.4, -0.2) is 38.1 Å². The maximum Gasteiger partial charge on any atom is 0.345 e. The lowest BCUT2D eigenvalue weighted by Gasteiger charge is -2.27. The quantitative estimate of drug-likeness (QED) is 0.756. The number of nitrogens with zero attached hydrogens (tertiary/aromatic N) is 4. The molecule has 0 atom stereocenters. The standard InChI is InChI=1S/C20H19N5O2/c26-19(22-12-16-8-4-5-10-21-16)17-13-23-25-18(17)9-11-24(20(25)27)14-15-6-2-1-3-7-15/h1-8,10,13H,9,11-12,14H2,(H,22,26). The molecule has 1 N–H and O–H groups in total. The van der Waals surface area contributed by atoms with Crippen LogP contribution in [0.3, 0.4) is 0 Å². The maximum atomic E-state index is 12.7. The molecule has 3 heterocycles. The highest BCUT2D eigenvalue weighted by molar-refractivity contribution is 5.96. The Labute approximate surface area is 156 Å². The lowest BCUT2D eigenvalue weighted by Crippen LogP contribution is -2.42. The van der Waals surface area contributed by atoms with Gasteiger partial charge in [-0.3, -0.25) is 9.78 Å². The molecule has 2 aromatic heterocycles. The molecule has 1 aliphatic rings. The van der Waals surface area contributed by atoms with Crippen LogP contribution in [0, 0.1) is 0 Å². The molecule has 7 heteroatoms. The molecule has 1 aliphatic heterocycles. The SMILES string of the molecule is O=C(NCc1ccccn1)c1cnn2c1CCN(Cc1ccccc1)C2=O. The van der Waals surface area contributed by atoms with Gasteiger partial charge >= 0.3 is 6.03 Å². The van der Waals surface area contributed by atoms with Gasteiger partial charge in [0.2, 0.25) is 0 Å². The summed E-state index contributed by atoms with van der Waals surface area (Å²) in [5.74, 6) is -0.244. The van der Waals surface area contributed by atoms with Gasteiger partial charge in [0, 0.05) is 25.7 Å². The van der Waals surface area contributed by atoms with Gasteiger partial charge in [-0.15, -0.1) is 0 Å². The Morgan fingerprint density at radius 3 is 2.70 bits per heavy atom. The lowest BCUT2D eigenvalue weighted by atomic mass is 10.1. The minimum Gasteiger partial charge on any atom is -0.346 e. The van der Waals surface area contributed by atoms with Crippen molar-refractivity contribution in [2.24, 2.45) is 0 Å². The monoisotopic (exact) mass is 361 g/mol. The summed E-state index contributed by atoms with van der Waals surface area (Å²) in [4.78, 5) is 31.2. The number of nitrogens with one attached hydrogen (secondary N) is 1. The Bertz CT molecular complexity index is 940. The molecule has 0 fully saturated rings. The average Bonchev–Trinajstić information content (AvgIpc) is 3.15. The van der Waals surface area contributed by atoms with E-state index in [0.29, 0.717) is 37.3 Å². The van der Waals surface area contributed by atoms with Crippen molar-refractivity contribution in [3.05, 3.63) is 83.4 Å². The number of benzene rings is 1. The van der Waals surface area contributed by atoms with Gasteiger partial charge in [-0.2, -0.15) is 9.78 Å². The molecule has 0 radical (unpaired) electrons. The summed E-state index contributed by atoms with van der Waals surface area (Å²) >= 11 is 0. The summed E-state index contributed by atoms with van der Waals surface area (Å²) in [7, 11) is 0. The molecule has 0 aliphatic carbocycles. The van der Waals surface area contributed by atoms with Crippen molar-refractivity contribution in [1.29, 1.82) is 0 Å². The molecule has 1 aromatic carbocycles. The number of fused-ring (bicyclic) bond motifs is 1. The zero-order valence-electron chi connectivity index (χ0n) is 14.7. The molecule has 136 valence electrons. The molecule has 0 unspecified atom stereocenters. The second-order valence-corrected chi connectivity index (χ2v) is 6.36. The molecule has 0 spiro atoms. The van der Waals surface area contributed by atoms with Crippen LogP contribution < -0.4 is 5.32 Å². The van der Waals surface area contributed by atoms with E-state index in [9.17, 15) is 9.59 Å². The largest absolute Gasteiger partial charge is 0.346 e. The minimum atomic E-state index is -0.244. The number of aromatic nitrogens is 3. The lowest BCUT2D eigenvalue weighted by molar-refractivity contribution is 0.0949. The van der Waals surface area contributed by atoms with E-state index < -0.39 is 0 Å². The van der Waals surface area contributed by atoms with Crippen LogP contribution in [0.25, 0.3) is 0 Å². The molecular weight excluding hydrogens is 342 g/mol. The third-order valence-electron chi connectivity index (χ3n) is 4.56. The van der Waals surface area contributed by atoms with E-state index in [-0.39, 0.29) is 11.9 Å². The van der Waals surface area contributed by atoms with Crippen LogP contribution in [0.15, 0.2) is 60.9 Å². The molecule has 0 saturated heterocycles. The van der Waals surface area contributed by atoms with E-state index in [0.717, 1.165) is 11.3 Å². The third kappa shape index (κ3) is 3.57. The second kappa shape index (κ2) is 7.41. The molecule has 0 bridgehead atoms. The number of amides is 2. The van der Waals surface area contributed by atoms with E-state index >= 15 is 0 Å². The fourth-order valence-corrected chi connectivity index (χ4v) is 3.16. The van der Waals surface area contributed by atoms with E-state index in [1.54, 1.807) is 11.1 Å². The first-order valence-corrected chi connectivity index (χ1v) is 8.80. The van der Waals surface area contributed by atoms with Gasteiger partial charge in [0.15, 0.2) is 0 Å². The Hall–Kier alpha value is -3.48. The highest BCUT2D eigenvalue weighted by Gasteiger charge is 2.29. The summed E-state index contributed by atoms with van der Waals surface area (Å²) in [6, 6.07) is 15.2. The molecule has 0 saturated carbocycles. The minimum absolute atomic E-state index is 0.205. The Balaban J connectivity index is 1.46. The van der Waals surface area contributed by atoms with E-state index in [4.69, 9.17) is 0 Å². The first-order chi connectivity index (χ1) is 13.2. The fourth-order valence-electron chi connectivity index (χ4n) is 3.16. The summed E-state index contributed by atoms with van der Waals surface area (Å²) in [6.45, 7) is 1.42. The van der Waals surface area contributed by atoms with E-state index in [2.05, 4.69) is 15.4 Å². The van der Waals surface area contributed by atoms with Gasteiger partial charge in [0.1, 0.15) is 0 Å². The highest BCUT2D eigenvalue weighted by atomic mass is 16.2. The van der Waals surface area contributed by atoms with Crippen molar-refractivity contribution in [1.82, 2.24) is 25.0 Å². The van der Waals surface area contributed by atoms with Crippen LogP contribution in [0.2, 0.25) is 0 Å². The summed E-state index contributed by atoms with van der Waals surface area (Å²) in [5, 5.41) is 6.99. The Morgan fingerprint density at radius 2 is 1.93 bits per heavy atom. The predicted octanol–water partition coefficient (Wildman–Crippen LogP) is 2.23. The van der Waals surface area contributed by atoms with Crippen molar-refractivity contribution < 1.29 is 9.59 Å². The zero-order valence-corrected chi connectivity index (χ0v) is 14.7. The third-order valence-corrected chi connectivity index (χ3v) is 4.56. The van der Waals surface area contributed by atoms with Crippen molar-refractivity contribution in [2.45, 2.75) is 19.5 Å². The Morgan fingerprint density at radius 1 is 1.11 bits per heavy atom. The molecule has 7 nitrogen and oxygen atoms in total. The van der Waals surface area contributed by atoms with E-state index in [1.807, 2.05) is 48.5 Å². The second-order valence-electron chi connectivity index (χ2n) is 6.36. The molecule has 2 amide bonds. The number of hydrogen-bond donors (Lipinski definition) is 1. The van der Waals surface area contributed by atoms with Crippen molar-refractivity contribution in [2.75, 3.05) is 6.54 Å². The average molecular weight is 361 g/mol.